The van der Waals surface area contributed by atoms with Crippen LogP contribution in [0.5, 0.6) is 0 Å². The van der Waals surface area contributed by atoms with Gasteiger partial charge in [-0.2, -0.15) is 0 Å². The Kier molecular flexibility index (Phi) is 15.3. The molecule has 0 radical (unpaired) electrons. The number of ketones is 1. The van der Waals surface area contributed by atoms with Crippen LogP contribution in [0.2, 0.25) is 0 Å². The summed E-state index contributed by atoms with van der Waals surface area (Å²) in [6, 6.07) is 28.3. The molecule has 14 nitrogen and oxygen atoms in total. The lowest BCUT2D eigenvalue weighted by Crippen LogP contribution is -2.55. The van der Waals surface area contributed by atoms with Gasteiger partial charge in [0.1, 0.15) is 24.5 Å². The number of carbonyl (C=O) groups is 5. The van der Waals surface area contributed by atoms with Crippen molar-refractivity contribution in [3.8, 4) is 0 Å². The zero-order chi connectivity index (χ0) is 42.3. The summed E-state index contributed by atoms with van der Waals surface area (Å²) in [7, 11) is 0. The maximum atomic E-state index is 14.2. The van der Waals surface area contributed by atoms with Gasteiger partial charge in [-0.15, -0.1) is 0 Å². The van der Waals surface area contributed by atoms with Crippen LogP contribution in [0.25, 0.3) is 6.08 Å². The van der Waals surface area contributed by atoms with Gasteiger partial charge in [-0.25, -0.2) is 4.79 Å². The Balaban J connectivity index is 1.23. The van der Waals surface area contributed by atoms with Gasteiger partial charge < -0.3 is 41.5 Å². The highest BCUT2D eigenvalue weighted by Crippen LogP contribution is 2.15. The SMILES string of the molecule is N=C(N)c1ccc(CNC(=O)[C@@H]2Cc3ccc(cc3)/C=C\C(=O)CCN3CCN(CCC(=O)Nc4ccc(cc4)C[C@@H](NC(=O)OCc4ccccc4)C(=O)N2)CC3)cc1. The number of amidine groups is 1. The second kappa shape index (κ2) is 21.4. The minimum absolute atomic E-state index is 0.0105. The van der Waals surface area contributed by atoms with Crippen LogP contribution in [0.3, 0.4) is 0 Å². The minimum atomic E-state index is -1.14. The molecule has 0 spiro atoms. The lowest BCUT2D eigenvalue weighted by Gasteiger charge is -2.34. The number of alkyl carbamates (subject to hydrolysis) is 1. The molecule has 312 valence electrons. The lowest BCUT2D eigenvalue weighted by atomic mass is 10.0. The van der Waals surface area contributed by atoms with E-state index in [0.29, 0.717) is 42.7 Å². The minimum Gasteiger partial charge on any atom is -0.445 e. The van der Waals surface area contributed by atoms with Crippen LogP contribution in [0.4, 0.5) is 10.5 Å². The lowest BCUT2D eigenvalue weighted by molar-refractivity contribution is -0.130. The molecule has 1 fully saturated rings. The van der Waals surface area contributed by atoms with Crippen molar-refractivity contribution in [2.45, 2.75) is 50.9 Å². The van der Waals surface area contributed by atoms with E-state index < -0.39 is 30.0 Å². The van der Waals surface area contributed by atoms with E-state index in [-0.39, 0.29) is 43.5 Å². The van der Waals surface area contributed by atoms with E-state index in [1.807, 2.05) is 54.6 Å². The fraction of sp³-hybridized carbons (Fsp3) is 0.304. The number of nitrogens with two attached hydrogens (primary N) is 1. The van der Waals surface area contributed by atoms with Crippen LogP contribution < -0.4 is 27.0 Å². The number of hydrogen-bond donors (Lipinski definition) is 6. The standard InChI is InChI=1S/C46H52N8O6/c47-43(48)37-15-10-35(11-16-37)30-49-44(57)40-28-33-8-6-32(7-9-33)14-19-39(55)20-22-53-24-26-54(27-25-53)23-21-42(56)50-38-17-12-34(13-18-38)29-41(45(58)51-40)52-46(59)60-31-36-4-2-1-3-5-36/h1-19,40-41H,20-31H2,(H3,47,48)(H,49,57)(H,50,56)(H,51,58)(H,52,59)/b19-14-/t40-,41+/m0/s1. The van der Waals surface area contributed by atoms with Gasteiger partial charge in [0.2, 0.25) is 17.7 Å². The van der Waals surface area contributed by atoms with Gasteiger partial charge in [0.25, 0.3) is 0 Å². The highest BCUT2D eigenvalue weighted by molar-refractivity contribution is 5.95. The number of nitrogens with one attached hydrogen (secondary N) is 5. The maximum absolute atomic E-state index is 14.2. The molecule has 5 heterocycles. The number of amides is 4. The maximum Gasteiger partial charge on any atom is 0.408 e. The number of hydrogen-bond acceptors (Lipinski definition) is 9. The van der Waals surface area contributed by atoms with Crippen LogP contribution in [-0.2, 0) is 49.9 Å². The quantitative estimate of drug-likeness (QED) is 0.119. The van der Waals surface area contributed by atoms with Crippen LogP contribution >= 0.6 is 0 Å². The molecule has 6 bridgehead atoms. The van der Waals surface area contributed by atoms with Crippen LogP contribution in [0.1, 0.15) is 46.2 Å². The fourth-order valence-corrected chi connectivity index (χ4v) is 6.93. The molecule has 60 heavy (non-hydrogen) atoms. The first-order valence-corrected chi connectivity index (χ1v) is 20.2. The Labute approximate surface area is 350 Å². The Morgan fingerprint density at radius 2 is 1.37 bits per heavy atom. The van der Waals surface area contributed by atoms with Gasteiger partial charge in [-0.3, -0.25) is 24.6 Å². The summed E-state index contributed by atoms with van der Waals surface area (Å²) < 4.78 is 5.48. The molecule has 0 aromatic heterocycles. The molecule has 9 rings (SSSR count). The van der Waals surface area contributed by atoms with Crippen molar-refractivity contribution in [2.75, 3.05) is 44.6 Å². The third kappa shape index (κ3) is 13.5. The Bertz CT molecular complexity index is 2130. The summed E-state index contributed by atoms with van der Waals surface area (Å²) in [6.45, 7) is 4.71. The number of ether oxygens (including phenoxy) is 1. The number of fused-ring (bicyclic) bond motifs is 3. The van der Waals surface area contributed by atoms with Crippen molar-refractivity contribution >= 4 is 47.2 Å². The highest BCUT2D eigenvalue weighted by atomic mass is 16.5. The molecule has 0 unspecified atom stereocenters. The zero-order valence-corrected chi connectivity index (χ0v) is 33.5. The van der Waals surface area contributed by atoms with E-state index in [1.165, 1.54) is 0 Å². The molecular formula is C46H52N8O6. The fourth-order valence-electron chi connectivity index (χ4n) is 6.93. The number of allylic oxidation sites excluding steroid dienone is 1. The first-order chi connectivity index (χ1) is 29.1. The van der Waals surface area contributed by atoms with E-state index in [1.54, 1.807) is 60.7 Å². The number of nitrogen functional groups attached to an aromatic ring is 1. The van der Waals surface area contributed by atoms with E-state index in [4.69, 9.17) is 15.9 Å². The molecule has 0 saturated carbocycles. The van der Waals surface area contributed by atoms with Crippen molar-refractivity contribution in [1.29, 1.82) is 5.41 Å². The summed E-state index contributed by atoms with van der Waals surface area (Å²) in [5.74, 6) is -1.23. The predicted molar refractivity (Wildman–Crippen MR) is 230 cm³/mol. The van der Waals surface area contributed by atoms with E-state index in [9.17, 15) is 24.0 Å². The zero-order valence-electron chi connectivity index (χ0n) is 33.5. The molecule has 0 aliphatic carbocycles. The smallest absolute Gasteiger partial charge is 0.408 e. The highest BCUT2D eigenvalue weighted by Gasteiger charge is 2.28. The summed E-state index contributed by atoms with van der Waals surface area (Å²) in [4.78, 5) is 71.4. The molecule has 4 amide bonds. The Morgan fingerprint density at radius 3 is 2.03 bits per heavy atom. The summed E-state index contributed by atoms with van der Waals surface area (Å²) in [5.41, 5.74) is 10.6. The van der Waals surface area contributed by atoms with Gasteiger partial charge in [0, 0.05) is 82.7 Å². The molecule has 2 atom stereocenters. The number of rotatable bonds is 7. The first-order valence-electron chi connectivity index (χ1n) is 20.2. The predicted octanol–water partition coefficient (Wildman–Crippen LogP) is 3.78. The molecule has 4 aromatic rings. The van der Waals surface area contributed by atoms with Crippen molar-refractivity contribution in [3.05, 3.63) is 143 Å². The van der Waals surface area contributed by atoms with Gasteiger partial charge >= 0.3 is 6.09 Å². The number of nitrogens with zero attached hydrogens (tertiary/aromatic N) is 2. The normalized spacial score (nSPS) is 20.9. The number of carbonyl (C=O) groups excluding carboxylic acids is 5. The number of piperazine rings is 1. The molecule has 5 aliphatic rings. The van der Waals surface area contributed by atoms with E-state index >= 15 is 0 Å². The van der Waals surface area contributed by atoms with E-state index in [0.717, 1.165) is 48.4 Å². The van der Waals surface area contributed by atoms with Crippen molar-refractivity contribution < 1.29 is 28.7 Å². The number of benzene rings is 4. The van der Waals surface area contributed by atoms with Crippen LogP contribution in [0.15, 0.2) is 109 Å². The second-order valence-corrected chi connectivity index (χ2v) is 15.0. The van der Waals surface area contributed by atoms with Gasteiger partial charge in [-0.1, -0.05) is 97.1 Å². The van der Waals surface area contributed by atoms with Gasteiger partial charge in [0.15, 0.2) is 5.78 Å². The molecule has 5 aliphatic heterocycles. The second-order valence-electron chi connectivity index (χ2n) is 15.0. The van der Waals surface area contributed by atoms with Gasteiger partial charge in [0.05, 0.1) is 0 Å². The Hall–Kier alpha value is -6.64. The molecular weight excluding hydrogens is 761 g/mol. The topological polar surface area (TPSA) is 199 Å². The average molecular weight is 813 g/mol. The summed E-state index contributed by atoms with van der Waals surface area (Å²) in [5, 5.41) is 19.1. The van der Waals surface area contributed by atoms with Crippen molar-refractivity contribution in [2.24, 2.45) is 5.73 Å². The third-order valence-corrected chi connectivity index (χ3v) is 10.5. The summed E-state index contributed by atoms with van der Waals surface area (Å²) in [6.07, 6.45) is 3.44. The first kappa shape index (κ1) is 43.0. The number of anilines is 1. The molecule has 4 aromatic carbocycles. The molecule has 14 heteroatoms. The molecule has 7 N–H and O–H groups in total. The van der Waals surface area contributed by atoms with Crippen molar-refractivity contribution in [1.82, 2.24) is 25.8 Å². The van der Waals surface area contributed by atoms with Crippen LogP contribution in [-0.4, -0.2) is 96.6 Å². The van der Waals surface area contributed by atoms with E-state index in [2.05, 4.69) is 31.1 Å². The van der Waals surface area contributed by atoms with Gasteiger partial charge in [-0.05, 0) is 46.0 Å². The Morgan fingerprint density at radius 1 is 0.733 bits per heavy atom. The van der Waals surface area contributed by atoms with Crippen LogP contribution in [0, 0.1) is 5.41 Å². The molecule has 1 saturated heterocycles. The largest absolute Gasteiger partial charge is 0.445 e. The average Bonchev–Trinajstić information content (AvgIpc) is 3.26. The summed E-state index contributed by atoms with van der Waals surface area (Å²) >= 11 is 0. The van der Waals surface area contributed by atoms with Crippen molar-refractivity contribution in [3.63, 3.8) is 0 Å². The third-order valence-electron chi connectivity index (χ3n) is 10.5. The monoisotopic (exact) mass is 812 g/mol.